The summed E-state index contributed by atoms with van der Waals surface area (Å²) in [5, 5.41) is 4.00. The molecule has 0 saturated carbocycles. The van der Waals surface area contributed by atoms with Crippen LogP contribution in [0.2, 0.25) is 0 Å². The van der Waals surface area contributed by atoms with Gasteiger partial charge in [-0.25, -0.2) is 14.4 Å². The molecule has 0 bridgehead atoms. The highest BCUT2D eigenvalue weighted by Gasteiger charge is 2.14. The van der Waals surface area contributed by atoms with Crippen LogP contribution >= 0.6 is 0 Å². The van der Waals surface area contributed by atoms with E-state index in [1.165, 1.54) is 31.7 Å². The van der Waals surface area contributed by atoms with Crippen LogP contribution in [0, 0.1) is 12.7 Å². The van der Waals surface area contributed by atoms with E-state index < -0.39 is 0 Å². The van der Waals surface area contributed by atoms with E-state index in [1.54, 1.807) is 32.2 Å². The molecule has 2 heterocycles. The number of rotatable bonds is 8. The molecule has 0 atom stereocenters. The number of aryl methyl sites for hydroxylation is 1. The van der Waals surface area contributed by atoms with Crippen molar-refractivity contribution in [3.8, 4) is 5.75 Å². The molecule has 1 aliphatic heterocycles. The second-order valence-electron chi connectivity index (χ2n) is 8.40. The fourth-order valence-corrected chi connectivity index (χ4v) is 4.14. The SMILES string of the molecule is COc1cc2ncnc(Nc3ccc(F)c(C)c3)c2cc1CC(=O)/C=C/CN1CCCCC1. The molecule has 0 unspecified atom stereocenters. The quantitative estimate of drug-likeness (QED) is 0.490. The molecule has 1 aromatic heterocycles. The van der Waals surface area contributed by atoms with E-state index in [4.69, 9.17) is 4.74 Å². The average Bonchev–Trinajstić information content (AvgIpc) is 2.82. The Hall–Kier alpha value is -3.32. The molecular weight excluding hydrogens is 419 g/mol. The Balaban J connectivity index is 1.55. The van der Waals surface area contributed by atoms with Crippen molar-refractivity contribution in [1.82, 2.24) is 14.9 Å². The summed E-state index contributed by atoms with van der Waals surface area (Å²) in [6.07, 6.45) is 9.06. The Labute approximate surface area is 193 Å². The minimum Gasteiger partial charge on any atom is -0.496 e. The lowest BCUT2D eigenvalue weighted by Gasteiger charge is -2.24. The molecule has 2 aromatic carbocycles. The van der Waals surface area contributed by atoms with Gasteiger partial charge in [-0.3, -0.25) is 9.69 Å². The number of halogens is 1. The normalized spacial score (nSPS) is 14.6. The number of allylic oxidation sites excluding steroid dienone is 1. The number of anilines is 2. The monoisotopic (exact) mass is 448 g/mol. The number of piperidine rings is 1. The zero-order chi connectivity index (χ0) is 23.2. The van der Waals surface area contributed by atoms with Gasteiger partial charge in [0, 0.05) is 35.7 Å². The number of aromatic nitrogens is 2. The summed E-state index contributed by atoms with van der Waals surface area (Å²) in [6, 6.07) is 8.52. The third-order valence-corrected chi connectivity index (χ3v) is 5.94. The number of hydrogen-bond donors (Lipinski definition) is 1. The minimum absolute atomic E-state index is 0.0187. The van der Waals surface area contributed by atoms with Gasteiger partial charge in [-0.15, -0.1) is 0 Å². The van der Waals surface area contributed by atoms with Crippen molar-refractivity contribution in [2.45, 2.75) is 32.6 Å². The van der Waals surface area contributed by atoms with Crippen LogP contribution in [0.3, 0.4) is 0 Å². The van der Waals surface area contributed by atoms with Gasteiger partial charge in [0.2, 0.25) is 0 Å². The lowest BCUT2D eigenvalue weighted by atomic mass is 10.0. The van der Waals surface area contributed by atoms with Crippen LogP contribution in [0.25, 0.3) is 10.9 Å². The molecule has 0 aliphatic carbocycles. The van der Waals surface area contributed by atoms with E-state index in [0.717, 1.165) is 36.3 Å². The van der Waals surface area contributed by atoms with Gasteiger partial charge in [-0.05, 0) is 68.8 Å². The molecule has 6 nitrogen and oxygen atoms in total. The number of carbonyl (C=O) groups excluding carboxylic acids is 1. The molecule has 0 amide bonds. The van der Waals surface area contributed by atoms with Crippen molar-refractivity contribution in [3.63, 3.8) is 0 Å². The number of benzene rings is 2. The maximum Gasteiger partial charge on any atom is 0.159 e. The Bertz CT molecular complexity index is 1170. The predicted molar refractivity (Wildman–Crippen MR) is 129 cm³/mol. The van der Waals surface area contributed by atoms with Crippen LogP contribution in [0.15, 0.2) is 48.8 Å². The van der Waals surface area contributed by atoms with Crippen molar-refractivity contribution < 1.29 is 13.9 Å². The number of methoxy groups -OCH3 is 1. The van der Waals surface area contributed by atoms with Crippen LogP contribution in [0.1, 0.15) is 30.4 Å². The second-order valence-corrected chi connectivity index (χ2v) is 8.40. The number of carbonyl (C=O) groups is 1. The van der Waals surface area contributed by atoms with Gasteiger partial charge in [-0.2, -0.15) is 0 Å². The Morgan fingerprint density at radius 2 is 2.00 bits per heavy atom. The maximum absolute atomic E-state index is 13.6. The van der Waals surface area contributed by atoms with E-state index in [9.17, 15) is 9.18 Å². The van der Waals surface area contributed by atoms with Crippen LogP contribution in [0.5, 0.6) is 5.75 Å². The number of hydrogen-bond acceptors (Lipinski definition) is 6. The summed E-state index contributed by atoms with van der Waals surface area (Å²) in [5.41, 5.74) is 2.73. The molecule has 1 N–H and O–H groups in total. The van der Waals surface area contributed by atoms with Gasteiger partial charge >= 0.3 is 0 Å². The first kappa shape index (κ1) is 22.9. The molecule has 172 valence electrons. The molecule has 7 heteroatoms. The summed E-state index contributed by atoms with van der Waals surface area (Å²) in [6.45, 7) is 4.71. The lowest BCUT2D eigenvalue weighted by Crippen LogP contribution is -2.29. The van der Waals surface area contributed by atoms with E-state index in [2.05, 4.69) is 20.2 Å². The Morgan fingerprint density at radius 3 is 2.76 bits per heavy atom. The van der Waals surface area contributed by atoms with Crippen molar-refractivity contribution in [1.29, 1.82) is 0 Å². The molecule has 0 spiro atoms. The highest BCUT2D eigenvalue weighted by molar-refractivity contribution is 5.96. The number of nitrogens with zero attached hydrogens (tertiary/aromatic N) is 3. The summed E-state index contributed by atoms with van der Waals surface area (Å²) in [5.74, 6) is 0.961. The summed E-state index contributed by atoms with van der Waals surface area (Å²) in [7, 11) is 1.59. The van der Waals surface area contributed by atoms with Crippen molar-refractivity contribution in [2.24, 2.45) is 0 Å². The fourth-order valence-electron chi connectivity index (χ4n) is 4.14. The van der Waals surface area contributed by atoms with Crippen molar-refractivity contribution in [2.75, 3.05) is 32.1 Å². The molecule has 33 heavy (non-hydrogen) atoms. The first-order valence-electron chi connectivity index (χ1n) is 11.3. The van der Waals surface area contributed by atoms with Crippen molar-refractivity contribution in [3.05, 3.63) is 65.8 Å². The largest absolute Gasteiger partial charge is 0.496 e. The van der Waals surface area contributed by atoms with E-state index in [-0.39, 0.29) is 18.0 Å². The predicted octanol–water partition coefficient (Wildman–Crippen LogP) is 4.98. The topological polar surface area (TPSA) is 67.4 Å². The Kier molecular flexibility index (Phi) is 7.29. The minimum atomic E-state index is -0.257. The number of ketones is 1. The summed E-state index contributed by atoms with van der Waals surface area (Å²) in [4.78, 5) is 23.8. The lowest BCUT2D eigenvalue weighted by molar-refractivity contribution is -0.114. The van der Waals surface area contributed by atoms with Gasteiger partial charge in [0.05, 0.1) is 12.6 Å². The van der Waals surface area contributed by atoms with Crippen molar-refractivity contribution >= 4 is 28.2 Å². The molecule has 1 saturated heterocycles. The standard InChI is InChI=1S/C26H29FN4O2/c1-18-13-20(8-9-23(18)27)30-26-22-15-19(25(33-2)16-24(22)28-17-29-26)14-21(32)7-6-12-31-10-4-3-5-11-31/h6-9,13,15-17H,3-5,10-12,14H2,1-2H3,(H,28,29,30)/b7-6+. The van der Waals surface area contributed by atoms with Gasteiger partial charge < -0.3 is 10.1 Å². The van der Waals surface area contributed by atoms with Crippen LogP contribution in [-0.2, 0) is 11.2 Å². The summed E-state index contributed by atoms with van der Waals surface area (Å²) < 4.78 is 19.2. The first-order valence-corrected chi connectivity index (χ1v) is 11.3. The van der Waals surface area contributed by atoms with E-state index in [1.807, 2.05) is 18.2 Å². The van der Waals surface area contributed by atoms with E-state index >= 15 is 0 Å². The zero-order valence-corrected chi connectivity index (χ0v) is 19.1. The number of fused-ring (bicyclic) bond motifs is 1. The van der Waals surface area contributed by atoms with Gasteiger partial charge in [0.15, 0.2) is 5.78 Å². The summed E-state index contributed by atoms with van der Waals surface area (Å²) >= 11 is 0. The van der Waals surface area contributed by atoms with Crippen LogP contribution in [-0.4, -0.2) is 47.4 Å². The number of nitrogens with one attached hydrogen (secondary N) is 1. The molecule has 3 aromatic rings. The third-order valence-electron chi connectivity index (χ3n) is 5.94. The smallest absolute Gasteiger partial charge is 0.159 e. The zero-order valence-electron chi connectivity index (χ0n) is 19.1. The highest BCUT2D eigenvalue weighted by Crippen LogP contribution is 2.30. The van der Waals surface area contributed by atoms with Gasteiger partial charge in [0.1, 0.15) is 23.7 Å². The van der Waals surface area contributed by atoms with E-state index in [0.29, 0.717) is 22.6 Å². The Morgan fingerprint density at radius 1 is 1.18 bits per heavy atom. The molecule has 4 rings (SSSR count). The first-order chi connectivity index (χ1) is 16.0. The molecule has 0 radical (unpaired) electrons. The molecular formula is C26H29FN4O2. The fraction of sp³-hybridized carbons (Fsp3) is 0.346. The average molecular weight is 449 g/mol. The number of likely N-dealkylation sites (tertiary alicyclic amines) is 1. The highest BCUT2D eigenvalue weighted by atomic mass is 19.1. The third kappa shape index (κ3) is 5.73. The number of ether oxygens (including phenoxy) is 1. The maximum atomic E-state index is 13.6. The molecule has 1 fully saturated rings. The van der Waals surface area contributed by atoms with Gasteiger partial charge in [0.25, 0.3) is 0 Å². The van der Waals surface area contributed by atoms with Crippen LogP contribution < -0.4 is 10.1 Å². The van der Waals surface area contributed by atoms with Gasteiger partial charge in [-0.1, -0.05) is 12.5 Å². The molecule has 1 aliphatic rings. The second kappa shape index (κ2) is 10.5. The van der Waals surface area contributed by atoms with Crippen LogP contribution in [0.4, 0.5) is 15.9 Å².